The summed E-state index contributed by atoms with van der Waals surface area (Å²) in [5.74, 6) is 2.49. The van der Waals surface area contributed by atoms with Crippen molar-refractivity contribution < 1.29 is 9.53 Å². The summed E-state index contributed by atoms with van der Waals surface area (Å²) >= 11 is 0. The van der Waals surface area contributed by atoms with Gasteiger partial charge in [-0.15, -0.1) is 0 Å². The molecule has 3 aromatic rings. The van der Waals surface area contributed by atoms with Crippen LogP contribution in [0, 0.1) is 5.92 Å². The molecule has 1 amide bonds. The third kappa shape index (κ3) is 5.27. The monoisotopic (exact) mass is 419 g/mol. The third-order valence-electron chi connectivity index (χ3n) is 6.43. The van der Waals surface area contributed by atoms with E-state index in [0.29, 0.717) is 17.9 Å². The number of imidazole rings is 1. The Morgan fingerprint density at radius 1 is 1.10 bits per heavy atom. The van der Waals surface area contributed by atoms with Gasteiger partial charge in [0.15, 0.2) is 0 Å². The molecule has 0 radical (unpaired) electrons. The number of nitrogens with zero attached hydrogens (tertiary/aromatic N) is 2. The van der Waals surface area contributed by atoms with Crippen LogP contribution in [0.15, 0.2) is 48.5 Å². The second-order valence-corrected chi connectivity index (χ2v) is 8.52. The van der Waals surface area contributed by atoms with Gasteiger partial charge in [0.2, 0.25) is 0 Å². The molecule has 1 heterocycles. The van der Waals surface area contributed by atoms with Crippen molar-refractivity contribution in [3.63, 3.8) is 0 Å². The summed E-state index contributed by atoms with van der Waals surface area (Å²) in [6, 6.07) is 15.7. The molecule has 0 aliphatic heterocycles. The maximum atomic E-state index is 12.5. The van der Waals surface area contributed by atoms with Crippen molar-refractivity contribution in [2.24, 2.45) is 5.92 Å². The van der Waals surface area contributed by atoms with Crippen molar-refractivity contribution in [2.75, 3.05) is 13.7 Å². The Morgan fingerprint density at radius 3 is 2.71 bits per heavy atom. The van der Waals surface area contributed by atoms with Gasteiger partial charge in [0, 0.05) is 19.5 Å². The fraction of sp³-hybridized carbons (Fsp3) is 0.462. The van der Waals surface area contributed by atoms with E-state index in [4.69, 9.17) is 9.72 Å². The highest BCUT2D eigenvalue weighted by atomic mass is 16.5. The molecular weight excluding hydrogens is 386 g/mol. The molecular formula is C26H33N3O2. The van der Waals surface area contributed by atoms with E-state index in [1.807, 2.05) is 18.2 Å². The number of aryl methyl sites for hydroxylation is 2. The summed E-state index contributed by atoms with van der Waals surface area (Å²) in [6.45, 7) is 1.65. The summed E-state index contributed by atoms with van der Waals surface area (Å²) in [4.78, 5) is 17.4. The number of amides is 1. The predicted octanol–water partition coefficient (Wildman–Crippen LogP) is 5.38. The molecule has 164 valence electrons. The summed E-state index contributed by atoms with van der Waals surface area (Å²) in [6.07, 6.45) is 9.85. The molecule has 0 atom stereocenters. The standard InChI is InChI=1S/C26H33N3O2/c1-31-24-15-8-5-12-21(24)26(30)27-18-9-16-25-28-22-13-6-7-14-23(22)29(25)19-17-20-10-3-2-4-11-20/h5-8,12-15,20H,2-4,9-11,16-19H2,1H3,(H,27,30). The minimum absolute atomic E-state index is 0.0942. The van der Waals surface area contributed by atoms with Crippen molar-refractivity contribution in [1.82, 2.24) is 14.9 Å². The van der Waals surface area contributed by atoms with Crippen molar-refractivity contribution in [2.45, 2.75) is 57.9 Å². The lowest BCUT2D eigenvalue weighted by Gasteiger charge is -2.22. The van der Waals surface area contributed by atoms with Crippen LogP contribution in [0.5, 0.6) is 5.75 Å². The molecule has 1 aromatic heterocycles. The average molecular weight is 420 g/mol. The van der Waals surface area contributed by atoms with Gasteiger partial charge in [-0.25, -0.2) is 4.98 Å². The van der Waals surface area contributed by atoms with E-state index in [1.165, 1.54) is 44.0 Å². The van der Waals surface area contributed by atoms with E-state index in [1.54, 1.807) is 13.2 Å². The molecule has 1 aliphatic rings. The maximum absolute atomic E-state index is 12.5. The third-order valence-corrected chi connectivity index (χ3v) is 6.43. The lowest BCUT2D eigenvalue weighted by atomic mass is 9.87. The van der Waals surface area contributed by atoms with Gasteiger partial charge < -0.3 is 14.6 Å². The number of carbonyl (C=O) groups is 1. The second-order valence-electron chi connectivity index (χ2n) is 8.52. The highest BCUT2D eigenvalue weighted by molar-refractivity contribution is 5.96. The summed E-state index contributed by atoms with van der Waals surface area (Å²) in [5, 5.41) is 3.02. The zero-order chi connectivity index (χ0) is 21.5. The average Bonchev–Trinajstić information content (AvgIpc) is 3.18. The minimum atomic E-state index is -0.0942. The highest BCUT2D eigenvalue weighted by Crippen LogP contribution is 2.28. The first-order chi connectivity index (χ1) is 15.3. The van der Waals surface area contributed by atoms with Crippen LogP contribution in [0.4, 0.5) is 0 Å². The molecule has 31 heavy (non-hydrogen) atoms. The Kier molecular flexibility index (Phi) is 7.23. The summed E-state index contributed by atoms with van der Waals surface area (Å²) in [7, 11) is 1.59. The van der Waals surface area contributed by atoms with Crippen LogP contribution in [0.3, 0.4) is 0 Å². The second kappa shape index (κ2) is 10.5. The molecule has 5 heteroatoms. The fourth-order valence-electron chi connectivity index (χ4n) is 4.73. The number of rotatable bonds is 9. The quantitative estimate of drug-likeness (QED) is 0.474. The normalized spacial score (nSPS) is 14.6. The van der Waals surface area contributed by atoms with Crippen LogP contribution in [-0.2, 0) is 13.0 Å². The molecule has 1 saturated carbocycles. The van der Waals surface area contributed by atoms with Crippen molar-refractivity contribution in [1.29, 1.82) is 0 Å². The minimum Gasteiger partial charge on any atom is -0.496 e. The number of hydrogen-bond donors (Lipinski definition) is 1. The van der Waals surface area contributed by atoms with Gasteiger partial charge in [-0.1, -0.05) is 56.4 Å². The molecule has 1 N–H and O–H groups in total. The van der Waals surface area contributed by atoms with E-state index in [0.717, 1.165) is 36.6 Å². The zero-order valence-corrected chi connectivity index (χ0v) is 18.5. The smallest absolute Gasteiger partial charge is 0.255 e. The van der Waals surface area contributed by atoms with E-state index in [9.17, 15) is 4.79 Å². The summed E-state index contributed by atoms with van der Waals surface area (Å²) < 4.78 is 7.70. The molecule has 0 bridgehead atoms. The maximum Gasteiger partial charge on any atom is 0.255 e. The number of benzene rings is 2. The van der Waals surface area contributed by atoms with E-state index >= 15 is 0 Å². The Balaban J connectivity index is 1.37. The van der Waals surface area contributed by atoms with E-state index in [-0.39, 0.29) is 5.91 Å². The van der Waals surface area contributed by atoms with E-state index < -0.39 is 0 Å². The number of hydrogen-bond acceptors (Lipinski definition) is 3. The number of nitrogens with one attached hydrogen (secondary N) is 1. The van der Waals surface area contributed by atoms with Crippen molar-refractivity contribution in [3.05, 3.63) is 59.9 Å². The van der Waals surface area contributed by atoms with Crippen LogP contribution in [0.25, 0.3) is 11.0 Å². The van der Waals surface area contributed by atoms with Crippen molar-refractivity contribution in [3.8, 4) is 5.75 Å². The van der Waals surface area contributed by atoms with Crippen molar-refractivity contribution >= 4 is 16.9 Å². The van der Waals surface area contributed by atoms with Gasteiger partial charge in [0.25, 0.3) is 5.91 Å². The number of methoxy groups -OCH3 is 1. The number of fused-ring (bicyclic) bond motifs is 1. The van der Waals surface area contributed by atoms with Gasteiger partial charge >= 0.3 is 0 Å². The molecule has 5 nitrogen and oxygen atoms in total. The van der Waals surface area contributed by atoms with E-state index in [2.05, 4.69) is 34.1 Å². The van der Waals surface area contributed by atoms with Crippen LogP contribution >= 0.6 is 0 Å². The Morgan fingerprint density at radius 2 is 1.87 bits per heavy atom. The van der Waals surface area contributed by atoms with Crippen LogP contribution < -0.4 is 10.1 Å². The Bertz CT molecular complexity index is 1000. The Labute approximate surface area is 184 Å². The van der Waals surface area contributed by atoms with Gasteiger partial charge in [-0.2, -0.15) is 0 Å². The van der Waals surface area contributed by atoms with Gasteiger partial charge in [-0.3, -0.25) is 4.79 Å². The van der Waals surface area contributed by atoms with Crippen LogP contribution in [0.2, 0.25) is 0 Å². The molecule has 1 fully saturated rings. The lowest BCUT2D eigenvalue weighted by Crippen LogP contribution is -2.25. The fourth-order valence-corrected chi connectivity index (χ4v) is 4.73. The first-order valence-electron chi connectivity index (χ1n) is 11.6. The number of ether oxygens (including phenoxy) is 1. The number of aromatic nitrogens is 2. The van der Waals surface area contributed by atoms with Gasteiger partial charge in [0.05, 0.1) is 23.7 Å². The van der Waals surface area contributed by atoms with Crippen LogP contribution in [0.1, 0.15) is 61.1 Å². The SMILES string of the molecule is COc1ccccc1C(=O)NCCCc1nc2ccccc2n1CCC1CCCCC1. The Hall–Kier alpha value is -2.82. The van der Waals surface area contributed by atoms with Crippen LogP contribution in [-0.4, -0.2) is 29.1 Å². The molecule has 4 rings (SSSR count). The largest absolute Gasteiger partial charge is 0.496 e. The molecule has 2 aromatic carbocycles. The first-order valence-corrected chi connectivity index (χ1v) is 11.6. The molecule has 1 aliphatic carbocycles. The summed E-state index contributed by atoms with van der Waals surface area (Å²) in [5.41, 5.74) is 2.87. The van der Waals surface area contributed by atoms with Gasteiger partial charge in [-0.05, 0) is 43.0 Å². The molecule has 0 unspecified atom stereocenters. The zero-order valence-electron chi connectivity index (χ0n) is 18.5. The van der Waals surface area contributed by atoms with Gasteiger partial charge in [0.1, 0.15) is 11.6 Å². The highest BCUT2D eigenvalue weighted by Gasteiger charge is 2.16. The molecule has 0 spiro atoms. The topological polar surface area (TPSA) is 56.1 Å². The predicted molar refractivity (Wildman–Crippen MR) is 125 cm³/mol. The first kappa shape index (κ1) is 21.4. The lowest BCUT2D eigenvalue weighted by molar-refractivity contribution is 0.0950. The number of para-hydroxylation sites is 3. The molecule has 0 saturated heterocycles. The number of carbonyl (C=O) groups excluding carboxylic acids is 1.